The van der Waals surface area contributed by atoms with Gasteiger partial charge in [-0.05, 0) is 30.3 Å². The van der Waals surface area contributed by atoms with Crippen molar-refractivity contribution in [1.82, 2.24) is 4.57 Å². The predicted octanol–water partition coefficient (Wildman–Crippen LogP) is 3.03. The Hall–Kier alpha value is -2.44. The van der Waals surface area contributed by atoms with E-state index >= 15 is 0 Å². The molecule has 0 fully saturated rings. The first-order valence-corrected chi connectivity index (χ1v) is 7.81. The average Bonchev–Trinajstić information content (AvgIpc) is 2.82. The largest absolute Gasteiger partial charge is 0.480 e. The van der Waals surface area contributed by atoms with E-state index in [0.29, 0.717) is 26.4 Å². The first-order chi connectivity index (χ1) is 11.0. The lowest BCUT2D eigenvalue weighted by Gasteiger charge is -2.04. The van der Waals surface area contributed by atoms with Crippen LogP contribution in [-0.4, -0.2) is 21.4 Å². The number of ketones is 1. The molecule has 0 unspecified atom stereocenters. The topological polar surface area (TPSA) is 76.4 Å². The summed E-state index contributed by atoms with van der Waals surface area (Å²) in [7, 11) is 0. The van der Waals surface area contributed by atoms with Crippen LogP contribution in [0.4, 0.5) is 0 Å². The Kier molecular flexibility index (Phi) is 4.02. The van der Waals surface area contributed by atoms with Crippen LogP contribution in [0.25, 0.3) is 10.2 Å². The van der Waals surface area contributed by atoms with E-state index in [4.69, 9.17) is 16.7 Å². The number of carbonyl (C=O) groups is 2. The van der Waals surface area contributed by atoms with Crippen molar-refractivity contribution in [3.8, 4) is 0 Å². The van der Waals surface area contributed by atoms with Crippen molar-refractivity contribution in [3.05, 3.63) is 68.3 Å². The van der Waals surface area contributed by atoms with Gasteiger partial charge in [-0.1, -0.05) is 35.1 Å². The molecule has 7 heteroatoms. The highest BCUT2D eigenvalue weighted by molar-refractivity contribution is 7.16. The van der Waals surface area contributed by atoms with E-state index in [1.807, 2.05) is 0 Å². The lowest BCUT2D eigenvalue weighted by Crippen LogP contribution is -2.18. The number of aromatic nitrogens is 1. The molecule has 0 aliphatic rings. The Morgan fingerprint density at radius 3 is 2.61 bits per heavy atom. The number of hydrogen-bond donors (Lipinski definition) is 1. The summed E-state index contributed by atoms with van der Waals surface area (Å²) < 4.78 is 1.74. The minimum absolute atomic E-state index is 0.247. The summed E-state index contributed by atoms with van der Waals surface area (Å²) >= 11 is 6.95. The molecule has 116 valence electrons. The van der Waals surface area contributed by atoms with Gasteiger partial charge in [-0.3, -0.25) is 19.0 Å². The Bertz CT molecular complexity index is 989. The number of halogens is 1. The zero-order valence-electron chi connectivity index (χ0n) is 11.7. The highest BCUT2D eigenvalue weighted by Gasteiger charge is 2.16. The number of carboxylic acid groups (broad SMARTS) is 1. The van der Waals surface area contributed by atoms with Crippen molar-refractivity contribution < 1.29 is 14.7 Å². The summed E-state index contributed by atoms with van der Waals surface area (Å²) in [5.74, 6) is -1.34. The smallest absolute Gasteiger partial charge is 0.323 e. The third-order valence-electron chi connectivity index (χ3n) is 3.34. The van der Waals surface area contributed by atoms with Crippen LogP contribution in [0, 0.1) is 0 Å². The van der Waals surface area contributed by atoms with Crippen molar-refractivity contribution in [2.24, 2.45) is 0 Å². The van der Waals surface area contributed by atoms with E-state index < -0.39 is 12.5 Å². The molecule has 0 bridgehead atoms. The quantitative estimate of drug-likeness (QED) is 0.736. The van der Waals surface area contributed by atoms with Gasteiger partial charge in [0.05, 0.1) is 15.2 Å². The monoisotopic (exact) mass is 347 g/mol. The highest BCUT2D eigenvalue weighted by atomic mass is 35.5. The summed E-state index contributed by atoms with van der Waals surface area (Å²) in [4.78, 5) is 34.9. The zero-order valence-corrected chi connectivity index (χ0v) is 13.2. The van der Waals surface area contributed by atoms with E-state index in [2.05, 4.69) is 0 Å². The van der Waals surface area contributed by atoms with Crippen LogP contribution in [0.2, 0.25) is 5.02 Å². The molecule has 5 nitrogen and oxygen atoms in total. The molecule has 23 heavy (non-hydrogen) atoms. The summed E-state index contributed by atoms with van der Waals surface area (Å²) in [6.07, 6.45) is 0. The molecule has 0 saturated carbocycles. The van der Waals surface area contributed by atoms with Gasteiger partial charge < -0.3 is 5.11 Å². The number of carboxylic acids is 1. The number of benzene rings is 2. The molecule has 3 rings (SSSR count). The average molecular weight is 348 g/mol. The van der Waals surface area contributed by atoms with Crippen molar-refractivity contribution in [1.29, 1.82) is 0 Å². The molecule has 0 saturated heterocycles. The fourth-order valence-corrected chi connectivity index (χ4v) is 3.44. The molecule has 1 heterocycles. The van der Waals surface area contributed by atoms with Gasteiger partial charge in [0.25, 0.3) is 0 Å². The lowest BCUT2D eigenvalue weighted by atomic mass is 10.0. The van der Waals surface area contributed by atoms with Crippen molar-refractivity contribution >= 4 is 44.9 Å². The van der Waals surface area contributed by atoms with Crippen LogP contribution >= 0.6 is 22.9 Å². The van der Waals surface area contributed by atoms with Crippen LogP contribution in [-0.2, 0) is 11.3 Å². The molecular formula is C16H10ClNO4S. The van der Waals surface area contributed by atoms with Crippen molar-refractivity contribution in [2.45, 2.75) is 6.54 Å². The number of rotatable bonds is 4. The maximum absolute atomic E-state index is 12.5. The molecule has 1 N–H and O–H groups in total. The number of carbonyl (C=O) groups excluding carboxylic acids is 1. The normalized spacial score (nSPS) is 10.8. The van der Waals surface area contributed by atoms with Gasteiger partial charge in [0.2, 0.25) is 0 Å². The molecule has 0 amide bonds. The molecule has 3 aromatic rings. The second-order valence-electron chi connectivity index (χ2n) is 4.84. The van der Waals surface area contributed by atoms with E-state index in [9.17, 15) is 14.4 Å². The summed E-state index contributed by atoms with van der Waals surface area (Å²) in [5.41, 5.74) is 1.28. The maximum atomic E-state index is 12.5. The first-order valence-electron chi connectivity index (χ1n) is 6.62. The Balaban J connectivity index is 2.08. The van der Waals surface area contributed by atoms with E-state index in [-0.39, 0.29) is 10.7 Å². The van der Waals surface area contributed by atoms with Gasteiger partial charge in [-0.15, -0.1) is 0 Å². The van der Waals surface area contributed by atoms with E-state index in [1.54, 1.807) is 42.5 Å². The van der Waals surface area contributed by atoms with Gasteiger partial charge in [-0.25, -0.2) is 0 Å². The second-order valence-corrected chi connectivity index (χ2v) is 6.24. The van der Waals surface area contributed by atoms with Crippen LogP contribution in [0.1, 0.15) is 15.9 Å². The first kappa shape index (κ1) is 15.5. The minimum atomic E-state index is -1.09. The third kappa shape index (κ3) is 2.91. The van der Waals surface area contributed by atoms with Crippen LogP contribution in [0.3, 0.4) is 0 Å². The van der Waals surface area contributed by atoms with E-state index in [0.717, 1.165) is 11.3 Å². The lowest BCUT2D eigenvalue weighted by molar-refractivity contribution is -0.137. The minimum Gasteiger partial charge on any atom is -0.480 e. The summed E-state index contributed by atoms with van der Waals surface area (Å²) in [6, 6.07) is 11.5. The van der Waals surface area contributed by atoms with E-state index in [1.165, 1.54) is 4.57 Å². The molecule has 0 aliphatic carbocycles. The number of nitrogens with zero attached hydrogens (tertiary/aromatic N) is 1. The predicted molar refractivity (Wildman–Crippen MR) is 88.6 cm³/mol. The molecular weight excluding hydrogens is 338 g/mol. The molecule has 0 atom stereocenters. The highest BCUT2D eigenvalue weighted by Crippen LogP contribution is 2.23. The van der Waals surface area contributed by atoms with Gasteiger partial charge in [0.1, 0.15) is 6.54 Å². The van der Waals surface area contributed by atoms with Crippen molar-refractivity contribution in [3.63, 3.8) is 0 Å². The third-order valence-corrected chi connectivity index (χ3v) is 4.61. The van der Waals surface area contributed by atoms with Crippen LogP contribution in [0.15, 0.2) is 47.3 Å². The molecule has 0 aliphatic heterocycles. The maximum Gasteiger partial charge on any atom is 0.323 e. The van der Waals surface area contributed by atoms with Crippen LogP contribution in [0.5, 0.6) is 0 Å². The van der Waals surface area contributed by atoms with Gasteiger partial charge in [-0.2, -0.15) is 0 Å². The van der Waals surface area contributed by atoms with Crippen molar-refractivity contribution in [2.75, 3.05) is 0 Å². The molecule has 0 spiro atoms. The number of fused-ring (bicyclic) bond motifs is 1. The summed E-state index contributed by atoms with van der Waals surface area (Å²) in [5, 5.41) is 9.22. The number of hydrogen-bond acceptors (Lipinski definition) is 4. The second kappa shape index (κ2) is 5.98. The fraction of sp³-hybridized carbons (Fsp3) is 0.0625. The van der Waals surface area contributed by atoms with Gasteiger partial charge in [0, 0.05) is 11.1 Å². The fourth-order valence-electron chi connectivity index (χ4n) is 2.29. The Morgan fingerprint density at radius 1 is 1.17 bits per heavy atom. The van der Waals surface area contributed by atoms with Gasteiger partial charge >= 0.3 is 10.8 Å². The SMILES string of the molecule is O=C(O)Cn1c(=O)sc2cc(C(=O)c3ccccc3Cl)ccc21. The molecule has 0 radical (unpaired) electrons. The number of aliphatic carboxylic acids is 1. The van der Waals surface area contributed by atoms with Crippen LogP contribution < -0.4 is 4.87 Å². The number of thiazole rings is 1. The Morgan fingerprint density at radius 2 is 1.91 bits per heavy atom. The zero-order chi connectivity index (χ0) is 16.6. The summed E-state index contributed by atoms with van der Waals surface area (Å²) in [6.45, 7) is -0.406. The molecule has 1 aromatic heterocycles. The molecule has 2 aromatic carbocycles. The Labute approximate surface area is 139 Å². The standard InChI is InChI=1S/C16H10ClNO4S/c17-11-4-2-1-3-10(11)15(21)9-5-6-12-13(7-9)23-16(22)18(12)8-14(19)20/h1-7H,8H2,(H,19,20). The van der Waals surface area contributed by atoms with Gasteiger partial charge in [0.15, 0.2) is 5.78 Å².